The average molecular weight is 378 g/mol. The number of rotatable bonds is 7. The summed E-state index contributed by atoms with van der Waals surface area (Å²) in [6.45, 7) is 1.26. The van der Waals surface area contributed by atoms with Crippen molar-refractivity contribution in [3.05, 3.63) is 48.0 Å². The van der Waals surface area contributed by atoms with E-state index in [0.717, 1.165) is 0 Å². The highest BCUT2D eigenvalue weighted by Crippen LogP contribution is 2.38. The lowest BCUT2D eigenvalue weighted by atomic mass is 10.2. The zero-order valence-corrected chi connectivity index (χ0v) is 15.2. The molecule has 0 aliphatic rings. The number of esters is 1. The first-order valence-electron chi connectivity index (χ1n) is 7.41. The Labute approximate surface area is 151 Å². The molecule has 0 saturated carbocycles. The average Bonchev–Trinajstić information content (AvgIpc) is 2.62. The van der Waals surface area contributed by atoms with Crippen molar-refractivity contribution in [2.45, 2.75) is 11.8 Å². The highest BCUT2D eigenvalue weighted by Gasteiger charge is 2.16. The first-order chi connectivity index (χ1) is 12.4. The van der Waals surface area contributed by atoms with Gasteiger partial charge < -0.3 is 14.2 Å². The van der Waals surface area contributed by atoms with E-state index in [0.29, 0.717) is 5.56 Å². The molecule has 0 heterocycles. The summed E-state index contributed by atoms with van der Waals surface area (Å²) >= 11 is 0. The van der Waals surface area contributed by atoms with Crippen LogP contribution in [0.3, 0.4) is 0 Å². The zero-order chi connectivity index (χ0) is 19.2. The van der Waals surface area contributed by atoms with Crippen LogP contribution < -0.4 is 19.0 Å². The van der Waals surface area contributed by atoms with Gasteiger partial charge in [-0.2, -0.15) is 13.5 Å². The number of hydrazone groups is 1. The summed E-state index contributed by atoms with van der Waals surface area (Å²) in [5, 5.41) is 3.75. The monoisotopic (exact) mass is 378 g/mol. The summed E-state index contributed by atoms with van der Waals surface area (Å²) in [6.07, 6.45) is 1.28. The number of carbonyl (C=O) groups is 1. The predicted octanol–water partition coefficient (Wildman–Crippen LogP) is 1.94. The van der Waals surface area contributed by atoms with E-state index in [-0.39, 0.29) is 22.1 Å². The molecule has 2 rings (SSSR count). The molecular formula is C17H18N2O6S. The van der Waals surface area contributed by atoms with Crippen molar-refractivity contribution < 1.29 is 27.4 Å². The van der Waals surface area contributed by atoms with E-state index < -0.39 is 16.0 Å². The number of benzene rings is 2. The van der Waals surface area contributed by atoms with Gasteiger partial charge in [-0.25, -0.2) is 4.83 Å². The second-order valence-corrected chi connectivity index (χ2v) is 6.68. The minimum atomic E-state index is -3.77. The van der Waals surface area contributed by atoms with Crippen LogP contribution in [0.5, 0.6) is 17.2 Å². The van der Waals surface area contributed by atoms with Gasteiger partial charge in [0.1, 0.15) is 0 Å². The molecule has 0 radical (unpaired) electrons. The van der Waals surface area contributed by atoms with E-state index in [9.17, 15) is 13.2 Å². The predicted molar refractivity (Wildman–Crippen MR) is 95.2 cm³/mol. The first kappa shape index (κ1) is 19.3. The number of carbonyl (C=O) groups excluding carboxylic acids is 1. The smallest absolute Gasteiger partial charge is 0.308 e. The highest BCUT2D eigenvalue weighted by atomic mass is 32.2. The van der Waals surface area contributed by atoms with Crippen LogP contribution in [0.2, 0.25) is 0 Å². The Morgan fingerprint density at radius 1 is 1.08 bits per heavy atom. The molecule has 0 atom stereocenters. The van der Waals surface area contributed by atoms with Crippen molar-refractivity contribution in [1.82, 2.24) is 4.83 Å². The molecule has 0 aliphatic carbocycles. The molecule has 0 saturated heterocycles. The van der Waals surface area contributed by atoms with E-state index in [1.54, 1.807) is 18.2 Å². The van der Waals surface area contributed by atoms with Gasteiger partial charge in [0.15, 0.2) is 11.5 Å². The van der Waals surface area contributed by atoms with Crippen LogP contribution in [0.4, 0.5) is 0 Å². The number of methoxy groups -OCH3 is 2. The summed E-state index contributed by atoms with van der Waals surface area (Å²) < 4.78 is 39.7. The summed E-state index contributed by atoms with van der Waals surface area (Å²) in [5.74, 6) is 0.0852. The van der Waals surface area contributed by atoms with Gasteiger partial charge in [0.25, 0.3) is 10.0 Å². The number of ether oxygens (including phenoxy) is 3. The van der Waals surface area contributed by atoms with Crippen LogP contribution >= 0.6 is 0 Å². The summed E-state index contributed by atoms with van der Waals surface area (Å²) in [5.41, 5.74) is 0.477. The van der Waals surface area contributed by atoms with Crippen molar-refractivity contribution in [3.8, 4) is 17.2 Å². The second kappa shape index (κ2) is 8.34. The van der Waals surface area contributed by atoms with Crippen molar-refractivity contribution in [2.24, 2.45) is 5.10 Å². The fraction of sp³-hybridized carbons (Fsp3) is 0.176. The molecule has 2 aromatic carbocycles. The quantitative estimate of drug-likeness (QED) is 0.342. The van der Waals surface area contributed by atoms with Crippen LogP contribution in [-0.2, 0) is 14.8 Å². The van der Waals surface area contributed by atoms with Gasteiger partial charge in [0, 0.05) is 12.5 Å². The molecule has 8 nitrogen and oxygen atoms in total. The maximum absolute atomic E-state index is 12.1. The van der Waals surface area contributed by atoms with Gasteiger partial charge in [-0.3, -0.25) is 4.79 Å². The van der Waals surface area contributed by atoms with E-state index in [1.807, 2.05) is 0 Å². The second-order valence-electron chi connectivity index (χ2n) is 5.01. The van der Waals surface area contributed by atoms with Crippen molar-refractivity contribution in [3.63, 3.8) is 0 Å². The van der Waals surface area contributed by atoms with E-state index in [2.05, 4.69) is 9.93 Å². The summed E-state index contributed by atoms with van der Waals surface area (Å²) in [4.78, 5) is 13.4. The van der Waals surface area contributed by atoms with Gasteiger partial charge in [-0.05, 0) is 24.3 Å². The van der Waals surface area contributed by atoms with Crippen LogP contribution in [0, 0.1) is 0 Å². The Morgan fingerprint density at radius 2 is 1.65 bits per heavy atom. The molecule has 9 heteroatoms. The largest absolute Gasteiger partial charge is 0.493 e. The zero-order valence-electron chi connectivity index (χ0n) is 14.4. The maximum atomic E-state index is 12.1. The Kier molecular flexibility index (Phi) is 6.18. The fourth-order valence-electron chi connectivity index (χ4n) is 2.04. The Hall–Kier alpha value is -3.07. The Bertz CT molecular complexity index is 885. The van der Waals surface area contributed by atoms with Crippen molar-refractivity contribution in [1.29, 1.82) is 0 Å². The molecule has 0 unspecified atom stereocenters. The molecule has 2 aromatic rings. The molecule has 0 amide bonds. The van der Waals surface area contributed by atoms with Crippen molar-refractivity contribution >= 4 is 22.2 Å². The number of hydrogen-bond donors (Lipinski definition) is 1. The van der Waals surface area contributed by atoms with E-state index >= 15 is 0 Å². The van der Waals surface area contributed by atoms with E-state index in [1.165, 1.54) is 51.6 Å². The van der Waals surface area contributed by atoms with Gasteiger partial charge in [-0.1, -0.05) is 18.2 Å². The Balaban J connectivity index is 2.26. The van der Waals surface area contributed by atoms with Gasteiger partial charge in [-0.15, -0.1) is 0 Å². The first-order valence-corrected chi connectivity index (χ1v) is 8.90. The van der Waals surface area contributed by atoms with Gasteiger partial charge in [0.2, 0.25) is 5.75 Å². The van der Waals surface area contributed by atoms with Crippen LogP contribution in [0.25, 0.3) is 0 Å². The molecule has 0 spiro atoms. The SMILES string of the molecule is COc1cc(C=NNS(=O)(=O)c2ccccc2)cc(OC)c1OC(C)=O. The standard InChI is InChI=1S/C17H18N2O6S/c1-12(20)25-17-15(23-2)9-13(10-16(17)24-3)11-18-19-26(21,22)14-7-5-4-6-8-14/h4-11,19H,1-3H3. The molecular weight excluding hydrogens is 360 g/mol. The minimum absolute atomic E-state index is 0.0949. The van der Waals surface area contributed by atoms with Crippen molar-refractivity contribution in [2.75, 3.05) is 14.2 Å². The molecule has 26 heavy (non-hydrogen) atoms. The lowest BCUT2D eigenvalue weighted by molar-refractivity contribution is -0.132. The number of sulfonamides is 1. The third kappa shape index (κ3) is 4.73. The van der Waals surface area contributed by atoms with Crippen LogP contribution in [-0.4, -0.2) is 34.8 Å². The molecule has 138 valence electrons. The molecule has 0 aliphatic heterocycles. The fourth-order valence-corrected chi connectivity index (χ4v) is 2.85. The molecule has 0 aromatic heterocycles. The summed E-state index contributed by atoms with van der Waals surface area (Å²) in [6, 6.07) is 10.9. The number of nitrogens with zero attached hydrogens (tertiary/aromatic N) is 1. The van der Waals surface area contributed by atoms with Gasteiger partial charge >= 0.3 is 5.97 Å². The number of hydrogen-bond acceptors (Lipinski definition) is 7. The van der Waals surface area contributed by atoms with Gasteiger partial charge in [0.05, 0.1) is 25.3 Å². The van der Waals surface area contributed by atoms with Crippen LogP contribution in [0.15, 0.2) is 52.5 Å². The van der Waals surface area contributed by atoms with Crippen LogP contribution in [0.1, 0.15) is 12.5 Å². The summed E-state index contributed by atoms with van der Waals surface area (Å²) in [7, 11) is -0.958. The normalized spacial score (nSPS) is 11.2. The molecule has 1 N–H and O–H groups in total. The maximum Gasteiger partial charge on any atom is 0.308 e. The third-order valence-corrected chi connectivity index (χ3v) is 4.41. The molecule has 0 fully saturated rings. The lowest BCUT2D eigenvalue weighted by Crippen LogP contribution is -2.18. The van der Waals surface area contributed by atoms with E-state index in [4.69, 9.17) is 14.2 Å². The highest BCUT2D eigenvalue weighted by molar-refractivity contribution is 7.89. The third-order valence-electron chi connectivity index (χ3n) is 3.17. The lowest BCUT2D eigenvalue weighted by Gasteiger charge is -2.13. The molecule has 0 bridgehead atoms. The Morgan fingerprint density at radius 3 is 2.15 bits per heavy atom. The number of nitrogens with one attached hydrogen (secondary N) is 1. The topological polar surface area (TPSA) is 103 Å². The minimum Gasteiger partial charge on any atom is -0.493 e.